The van der Waals surface area contributed by atoms with Gasteiger partial charge in [0.05, 0.1) is 11.6 Å². The van der Waals surface area contributed by atoms with Gasteiger partial charge < -0.3 is 14.8 Å². The number of amides is 1. The highest BCUT2D eigenvalue weighted by Crippen LogP contribution is 2.31. The number of aryl methyl sites for hydroxylation is 1. The molecule has 5 heteroatoms. The van der Waals surface area contributed by atoms with Gasteiger partial charge in [0.25, 0.3) is 5.91 Å². The number of hydrogen-bond acceptors (Lipinski definition) is 2. The first-order valence-corrected chi connectivity index (χ1v) is 10.2. The Labute approximate surface area is 174 Å². The largest absolute Gasteiger partial charge is 0.341 e. The van der Waals surface area contributed by atoms with Crippen molar-refractivity contribution in [3.8, 4) is 0 Å². The van der Waals surface area contributed by atoms with Gasteiger partial charge in [-0.2, -0.15) is 0 Å². The molecule has 28 heavy (non-hydrogen) atoms. The predicted molar refractivity (Wildman–Crippen MR) is 116 cm³/mol. The zero-order chi connectivity index (χ0) is 19.1. The Morgan fingerprint density at radius 1 is 1.14 bits per heavy atom. The third kappa shape index (κ3) is 3.72. The summed E-state index contributed by atoms with van der Waals surface area (Å²) in [6, 6.07) is 14.3. The van der Waals surface area contributed by atoms with E-state index in [1.807, 2.05) is 18.0 Å². The summed E-state index contributed by atoms with van der Waals surface area (Å²) < 4.78 is 2.29. The number of aromatic nitrogens is 1. The van der Waals surface area contributed by atoms with Crippen LogP contribution in [0.4, 0.5) is 0 Å². The lowest BCUT2D eigenvalue weighted by molar-refractivity contribution is 0.0681. The molecular weight excluding hydrogens is 370 g/mol. The fraction of sp³-hybridized carbons (Fsp3) is 0.522. The molecule has 2 aromatic rings. The van der Waals surface area contributed by atoms with E-state index in [9.17, 15) is 4.79 Å². The number of benzene rings is 1. The summed E-state index contributed by atoms with van der Waals surface area (Å²) in [5.41, 5.74) is 4.33. The van der Waals surface area contributed by atoms with E-state index in [1.54, 1.807) is 0 Å². The molecule has 1 aromatic carbocycles. The molecule has 1 N–H and O–H groups in total. The van der Waals surface area contributed by atoms with Crippen LogP contribution in [0.5, 0.6) is 0 Å². The second kappa shape index (κ2) is 8.30. The van der Waals surface area contributed by atoms with Crippen molar-refractivity contribution in [3.05, 3.63) is 58.9 Å². The molecule has 152 valence electrons. The molecule has 4 rings (SSSR count). The highest BCUT2D eigenvalue weighted by atomic mass is 35.5. The standard InChI is InChI=1S/C23H31N3O.ClH/c1-15-12-22(17(3)26(15)16(2)18-8-6-5-7-9-18)23(27)25(4)21-13-19-10-11-20(14-21)24-19;/h5-9,12,16,19-21,24H,10-11,13-14H2,1-4H3;1H. The van der Waals surface area contributed by atoms with Gasteiger partial charge in [0.2, 0.25) is 0 Å². The highest BCUT2D eigenvalue weighted by Gasteiger charge is 2.37. The number of nitrogens with one attached hydrogen (secondary N) is 1. The number of halogens is 1. The average molecular weight is 402 g/mol. The summed E-state index contributed by atoms with van der Waals surface area (Å²) in [5.74, 6) is 0.168. The summed E-state index contributed by atoms with van der Waals surface area (Å²) in [5, 5.41) is 3.67. The number of nitrogens with zero attached hydrogens (tertiary/aromatic N) is 2. The van der Waals surface area contributed by atoms with E-state index in [0.717, 1.165) is 29.8 Å². The van der Waals surface area contributed by atoms with Crippen LogP contribution in [-0.4, -0.2) is 40.5 Å². The smallest absolute Gasteiger partial charge is 0.255 e. The minimum atomic E-state index is 0. The molecule has 2 saturated heterocycles. The van der Waals surface area contributed by atoms with Crippen molar-refractivity contribution in [2.75, 3.05) is 7.05 Å². The van der Waals surface area contributed by atoms with Gasteiger partial charge in [0, 0.05) is 36.6 Å². The Morgan fingerprint density at radius 3 is 2.36 bits per heavy atom. The Balaban J connectivity index is 0.00000225. The molecule has 2 aliphatic rings. The zero-order valence-electron chi connectivity index (χ0n) is 17.3. The monoisotopic (exact) mass is 401 g/mol. The van der Waals surface area contributed by atoms with Crippen molar-refractivity contribution in [2.24, 2.45) is 0 Å². The molecule has 2 aliphatic heterocycles. The van der Waals surface area contributed by atoms with Crippen LogP contribution in [0.1, 0.15) is 66.0 Å². The summed E-state index contributed by atoms with van der Waals surface area (Å²) >= 11 is 0. The van der Waals surface area contributed by atoms with Crippen LogP contribution in [-0.2, 0) is 0 Å². The first-order chi connectivity index (χ1) is 13.0. The second-order valence-electron chi connectivity index (χ2n) is 8.42. The fourth-order valence-electron chi connectivity index (χ4n) is 5.17. The van der Waals surface area contributed by atoms with Gasteiger partial charge in [0.1, 0.15) is 0 Å². The lowest BCUT2D eigenvalue weighted by Crippen LogP contribution is -2.48. The molecule has 3 atom stereocenters. The molecule has 2 bridgehead atoms. The first-order valence-electron chi connectivity index (χ1n) is 10.2. The predicted octanol–water partition coefficient (Wildman–Crippen LogP) is 4.49. The molecule has 0 aliphatic carbocycles. The maximum Gasteiger partial charge on any atom is 0.255 e. The molecule has 0 saturated carbocycles. The molecule has 1 amide bonds. The number of fused-ring (bicyclic) bond motifs is 2. The SMILES string of the molecule is Cc1cc(C(=O)N(C)C2CC3CCC(C2)N3)c(C)n1C(C)c1ccccc1.Cl. The van der Waals surface area contributed by atoms with Gasteiger partial charge in [-0.05, 0) is 58.1 Å². The van der Waals surface area contributed by atoms with E-state index in [-0.39, 0.29) is 24.4 Å². The zero-order valence-corrected chi connectivity index (χ0v) is 18.1. The van der Waals surface area contributed by atoms with Crippen molar-refractivity contribution >= 4 is 18.3 Å². The number of hydrogen-bond donors (Lipinski definition) is 1. The van der Waals surface area contributed by atoms with E-state index in [4.69, 9.17) is 0 Å². The number of rotatable bonds is 4. The summed E-state index contributed by atoms with van der Waals surface area (Å²) in [6.07, 6.45) is 4.67. The Kier molecular flexibility index (Phi) is 6.21. The summed E-state index contributed by atoms with van der Waals surface area (Å²) in [4.78, 5) is 15.3. The van der Waals surface area contributed by atoms with Crippen molar-refractivity contribution in [1.82, 2.24) is 14.8 Å². The lowest BCUT2D eigenvalue weighted by Gasteiger charge is -2.35. The van der Waals surface area contributed by atoms with Crippen LogP contribution < -0.4 is 5.32 Å². The molecule has 4 nitrogen and oxygen atoms in total. The van der Waals surface area contributed by atoms with Crippen molar-refractivity contribution in [3.63, 3.8) is 0 Å². The normalized spacial score (nSPS) is 24.5. The maximum absolute atomic E-state index is 13.3. The van der Waals surface area contributed by atoms with E-state index in [2.05, 4.69) is 61.0 Å². The van der Waals surface area contributed by atoms with Gasteiger partial charge in [-0.15, -0.1) is 12.4 Å². The quantitative estimate of drug-likeness (QED) is 0.819. The number of carbonyl (C=O) groups is 1. The van der Waals surface area contributed by atoms with Crippen molar-refractivity contribution in [1.29, 1.82) is 0 Å². The van der Waals surface area contributed by atoms with Gasteiger partial charge in [-0.1, -0.05) is 30.3 Å². The number of carbonyl (C=O) groups excluding carboxylic acids is 1. The molecule has 2 fully saturated rings. The van der Waals surface area contributed by atoms with Crippen LogP contribution in [0.3, 0.4) is 0 Å². The third-order valence-corrected chi connectivity index (χ3v) is 6.70. The average Bonchev–Trinajstić information content (AvgIpc) is 3.18. The molecule has 1 aromatic heterocycles. The number of piperidine rings is 1. The summed E-state index contributed by atoms with van der Waals surface area (Å²) in [6.45, 7) is 6.39. The molecule has 3 unspecified atom stereocenters. The Morgan fingerprint density at radius 2 is 1.75 bits per heavy atom. The molecule has 0 radical (unpaired) electrons. The maximum atomic E-state index is 13.3. The molecular formula is C23H32ClN3O. The fourth-order valence-corrected chi connectivity index (χ4v) is 5.17. The van der Waals surface area contributed by atoms with Crippen LogP contribution >= 0.6 is 12.4 Å². The minimum absolute atomic E-state index is 0. The van der Waals surface area contributed by atoms with Crippen LogP contribution in [0.25, 0.3) is 0 Å². The van der Waals surface area contributed by atoms with Gasteiger partial charge in [0.15, 0.2) is 0 Å². The van der Waals surface area contributed by atoms with Gasteiger partial charge in [-0.25, -0.2) is 0 Å². The van der Waals surface area contributed by atoms with Crippen LogP contribution in [0, 0.1) is 13.8 Å². The Bertz CT molecular complexity index is 820. The summed E-state index contributed by atoms with van der Waals surface area (Å²) in [7, 11) is 1.99. The van der Waals surface area contributed by atoms with Crippen LogP contribution in [0.2, 0.25) is 0 Å². The van der Waals surface area contributed by atoms with Gasteiger partial charge >= 0.3 is 0 Å². The van der Waals surface area contributed by atoms with E-state index in [1.165, 1.54) is 18.4 Å². The van der Waals surface area contributed by atoms with Crippen LogP contribution in [0.15, 0.2) is 36.4 Å². The van der Waals surface area contributed by atoms with Gasteiger partial charge in [-0.3, -0.25) is 4.79 Å². The van der Waals surface area contributed by atoms with E-state index < -0.39 is 0 Å². The topological polar surface area (TPSA) is 37.3 Å². The second-order valence-corrected chi connectivity index (χ2v) is 8.42. The lowest BCUT2D eigenvalue weighted by atomic mass is 9.98. The highest BCUT2D eigenvalue weighted by molar-refractivity contribution is 5.95. The molecule has 0 spiro atoms. The molecule has 3 heterocycles. The van der Waals surface area contributed by atoms with Crippen molar-refractivity contribution in [2.45, 2.75) is 70.6 Å². The Hall–Kier alpha value is -1.78. The van der Waals surface area contributed by atoms with E-state index >= 15 is 0 Å². The third-order valence-electron chi connectivity index (χ3n) is 6.70. The first kappa shape index (κ1) is 20.9. The van der Waals surface area contributed by atoms with Crippen molar-refractivity contribution < 1.29 is 4.79 Å². The van der Waals surface area contributed by atoms with E-state index in [0.29, 0.717) is 18.1 Å². The minimum Gasteiger partial charge on any atom is -0.341 e.